The van der Waals surface area contributed by atoms with E-state index >= 15 is 0 Å². The van der Waals surface area contributed by atoms with E-state index in [1.165, 1.54) is 37.7 Å². The molecule has 0 bridgehead atoms. The minimum atomic E-state index is -0.317. The van der Waals surface area contributed by atoms with Gasteiger partial charge in [-0.1, -0.05) is 89.8 Å². The van der Waals surface area contributed by atoms with E-state index in [-0.39, 0.29) is 17.2 Å². The van der Waals surface area contributed by atoms with Crippen LogP contribution in [0.3, 0.4) is 0 Å². The first-order valence-electron chi connectivity index (χ1n) is 15.2. The van der Waals surface area contributed by atoms with Gasteiger partial charge in [-0.2, -0.15) is 0 Å². The fourth-order valence-corrected chi connectivity index (χ4v) is 5.30. The molecule has 0 aliphatic heterocycles. The third-order valence-electron chi connectivity index (χ3n) is 7.96. The molecule has 1 amide bonds. The summed E-state index contributed by atoms with van der Waals surface area (Å²) in [6.07, 6.45) is 9.28. The van der Waals surface area contributed by atoms with Crippen LogP contribution >= 0.6 is 0 Å². The van der Waals surface area contributed by atoms with Crippen LogP contribution in [-0.4, -0.2) is 19.1 Å². The molecule has 0 aromatic heterocycles. The second kappa shape index (κ2) is 14.4. The fraction of sp³-hybridized carbons (Fsp3) is 0.472. The van der Waals surface area contributed by atoms with Crippen LogP contribution < -0.4 is 14.8 Å². The SMILES string of the molecule is CCCCOc1ccc(CC(C(=O)Nc2ccc(OCC3CCCCC3)cc2)c2ccc(C(C)(C)C)cc2)cc1. The first-order chi connectivity index (χ1) is 19.3. The predicted octanol–water partition coefficient (Wildman–Crippen LogP) is 9.09. The lowest BCUT2D eigenvalue weighted by atomic mass is 9.84. The molecule has 214 valence electrons. The summed E-state index contributed by atoms with van der Waals surface area (Å²) in [5, 5.41) is 3.16. The number of amides is 1. The van der Waals surface area contributed by atoms with Crippen molar-refractivity contribution in [1.29, 1.82) is 0 Å². The molecule has 1 aliphatic carbocycles. The van der Waals surface area contributed by atoms with Gasteiger partial charge in [0.2, 0.25) is 5.91 Å². The number of ether oxygens (including phenoxy) is 2. The highest BCUT2D eigenvalue weighted by atomic mass is 16.5. The molecule has 4 heteroatoms. The Morgan fingerprint density at radius 1 is 0.850 bits per heavy atom. The predicted molar refractivity (Wildman–Crippen MR) is 166 cm³/mol. The molecule has 1 aliphatic rings. The Morgan fingerprint density at radius 3 is 2.10 bits per heavy atom. The van der Waals surface area contributed by atoms with Gasteiger partial charge >= 0.3 is 0 Å². The molecule has 0 heterocycles. The van der Waals surface area contributed by atoms with Crippen LogP contribution in [0.2, 0.25) is 0 Å². The van der Waals surface area contributed by atoms with E-state index in [2.05, 4.69) is 69.4 Å². The largest absolute Gasteiger partial charge is 0.494 e. The van der Waals surface area contributed by atoms with Crippen LogP contribution in [0.15, 0.2) is 72.8 Å². The maximum absolute atomic E-state index is 13.7. The van der Waals surface area contributed by atoms with Gasteiger partial charge in [-0.15, -0.1) is 0 Å². The van der Waals surface area contributed by atoms with E-state index in [1.807, 2.05) is 36.4 Å². The molecule has 0 radical (unpaired) electrons. The van der Waals surface area contributed by atoms with Crippen molar-refractivity contribution in [1.82, 2.24) is 0 Å². The van der Waals surface area contributed by atoms with E-state index in [1.54, 1.807) is 0 Å². The van der Waals surface area contributed by atoms with E-state index in [9.17, 15) is 4.79 Å². The fourth-order valence-electron chi connectivity index (χ4n) is 5.30. The maximum Gasteiger partial charge on any atom is 0.232 e. The highest BCUT2D eigenvalue weighted by Crippen LogP contribution is 2.29. The van der Waals surface area contributed by atoms with Crippen molar-refractivity contribution in [2.45, 2.75) is 90.4 Å². The Hall–Kier alpha value is -3.27. The summed E-state index contributed by atoms with van der Waals surface area (Å²) in [4.78, 5) is 13.7. The zero-order chi connectivity index (χ0) is 28.4. The maximum atomic E-state index is 13.7. The summed E-state index contributed by atoms with van der Waals surface area (Å²) in [5.41, 5.74) is 4.22. The number of carbonyl (C=O) groups is 1. The third kappa shape index (κ3) is 8.87. The van der Waals surface area contributed by atoms with Crippen molar-refractivity contribution in [3.05, 3.63) is 89.5 Å². The average molecular weight is 542 g/mol. The quantitative estimate of drug-likeness (QED) is 0.233. The Labute approximate surface area is 241 Å². The van der Waals surface area contributed by atoms with Gasteiger partial charge in [0, 0.05) is 5.69 Å². The lowest BCUT2D eigenvalue weighted by Crippen LogP contribution is -2.23. The van der Waals surface area contributed by atoms with Gasteiger partial charge in [0.25, 0.3) is 0 Å². The minimum Gasteiger partial charge on any atom is -0.494 e. The standard InChI is InChI=1S/C36H47NO3/c1-5-6-24-39-32-20-12-27(13-21-32)25-34(29-14-16-30(17-15-29)36(2,3)4)35(38)37-31-18-22-33(23-19-31)40-26-28-10-8-7-9-11-28/h12-23,28,34H,5-11,24-26H2,1-4H3,(H,37,38). The summed E-state index contributed by atoms with van der Waals surface area (Å²) < 4.78 is 11.9. The number of nitrogens with one attached hydrogen (secondary N) is 1. The van der Waals surface area contributed by atoms with Crippen molar-refractivity contribution in [3.8, 4) is 11.5 Å². The van der Waals surface area contributed by atoms with Gasteiger partial charge in [0.05, 0.1) is 19.1 Å². The number of benzene rings is 3. The Kier molecular flexibility index (Phi) is 10.7. The molecule has 0 spiro atoms. The van der Waals surface area contributed by atoms with Crippen molar-refractivity contribution in [3.63, 3.8) is 0 Å². The summed E-state index contributed by atoms with van der Waals surface area (Å²) in [6.45, 7) is 10.3. The monoisotopic (exact) mass is 541 g/mol. The lowest BCUT2D eigenvalue weighted by Gasteiger charge is -2.22. The molecule has 1 N–H and O–H groups in total. The zero-order valence-corrected chi connectivity index (χ0v) is 24.9. The average Bonchev–Trinajstić information content (AvgIpc) is 2.96. The summed E-state index contributed by atoms with van der Waals surface area (Å²) in [7, 11) is 0. The highest BCUT2D eigenvalue weighted by molar-refractivity contribution is 5.96. The van der Waals surface area contributed by atoms with E-state index in [0.717, 1.165) is 54.4 Å². The van der Waals surface area contributed by atoms with Crippen molar-refractivity contribution in [2.75, 3.05) is 18.5 Å². The van der Waals surface area contributed by atoms with Crippen LogP contribution in [0.25, 0.3) is 0 Å². The summed E-state index contributed by atoms with van der Waals surface area (Å²) in [5.74, 6) is 2.07. The molecule has 1 fully saturated rings. The van der Waals surface area contributed by atoms with Crippen molar-refractivity contribution < 1.29 is 14.3 Å². The number of carbonyl (C=O) groups excluding carboxylic acids is 1. The van der Waals surface area contributed by atoms with Gasteiger partial charge in [-0.05, 0) is 90.1 Å². The molecule has 4 rings (SSSR count). The topological polar surface area (TPSA) is 47.6 Å². The molecule has 4 nitrogen and oxygen atoms in total. The van der Waals surface area contributed by atoms with Crippen molar-refractivity contribution >= 4 is 11.6 Å². The summed E-state index contributed by atoms with van der Waals surface area (Å²) >= 11 is 0. The molecule has 1 atom stereocenters. The normalized spacial score (nSPS) is 14.9. The Balaban J connectivity index is 1.44. The first-order valence-corrected chi connectivity index (χ1v) is 15.2. The molecule has 0 saturated heterocycles. The Morgan fingerprint density at radius 2 is 1.48 bits per heavy atom. The minimum absolute atomic E-state index is 0.0114. The molecular weight excluding hydrogens is 494 g/mol. The first kappa shape index (κ1) is 29.7. The van der Waals surface area contributed by atoms with Gasteiger partial charge in [0.15, 0.2) is 0 Å². The van der Waals surface area contributed by atoms with Crippen LogP contribution in [0.4, 0.5) is 5.69 Å². The summed E-state index contributed by atoms with van der Waals surface area (Å²) in [6, 6.07) is 24.5. The van der Waals surface area contributed by atoms with Gasteiger partial charge in [-0.3, -0.25) is 4.79 Å². The van der Waals surface area contributed by atoms with E-state index < -0.39 is 0 Å². The zero-order valence-electron chi connectivity index (χ0n) is 24.9. The number of anilines is 1. The highest BCUT2D eigenvalue weighted by Gasteiger charge is 2.23. The molecule has 1 saturated carbocycles. The number of rotatable bonds is 12. The number of hydrogen-bond donors (Lipinski definition) is 1. The van der Waals surface area contributed by atoms with Gasteiger partial charge < -0.3 is 14.8 Å². The van der Waals surface area contributed by atoms with E-state index in [0.29, 0.717) is 12.3 Å². The van der Waals surface area contributed by atoms with Crippen LogP contribution in [0.5, 0.6) is 11.5 Å². The smallest absolute Gasteiger partial charge is 0.232 e. The van der Waals surface area contributed by atoms with Crippen molar-refractivity contribution in [2.24, 2.45) is 5.92 Å². The molecular formula is C36H47NO3. The Bertz CT molecular complexity index is 1170. The third-order valence-corrected chi connectivity index (χ3v) is 7.96. The molecule has 3 aromatic carbocycles. The van der Waals surface area contributed by atoms with Gasteiger partial charge in [-0.25, -0.2) is 0 Å². The lowest BCUT2D eigenvalue weighted by molar-refractivity contribution is -0.117. The second-order valence-electron chi connectivity index (χ2n) is 12.3. The van der Waals surface area contributed by atoms with Crippen LogP contribution in [0.1, 0.15) is 95.2 Å². The molecule has 1 unspecified atom stereocenters. The number of unbranched alkanes of at least 4 members (excludes halogenated alkanes) is 1. The van der Waals surface area contributed by atoms with E-state index in [4.69, 9.17) is 9.47 Å². The van der Waals surface area contributed by atoms with Crippen LogP contribution in [-0.2, 0) is 16.6 Å². The number of hydrogen-bond acceptors (Lipinski definition) is 3. The van der Waals surface area contributed by atoms with Crippen LogP contribution in [0, 0.1) is 5.92 Å². The second-order valence-corrected chi connectivity index (χ2v) is 12.3. The molecule has 40 heavy (non-hydrogen) atoms. The van der Waals surface area contributed by atoms with Gasteiger partial charge in [0.1, 0.15) is 11.5 Å². The molecule has 3 aromatic rings.